The molecule has 0 radical (unpaired) electrons. The molecule has 1 atom stereocenters. The van der Waals surface area contributed by atoms with Gasteiger partial charge in [-0.15, -0.1) is 0 Å². The van der Waals surface area contributed by atoms with Gasteiger partial charge in [-0.05, 0) is 38.5 Å². The molecule has 0 aliphatic rings. The van der Waals surface area contributed by atoms with Gasteiger partial charge in [0.1, 0.15) is 5.15 Å². The number of aromatic nitrogens is 2. The molecule has 3 rings (SSSR count). The van der Waals surface area contributed by atoms with Crippen LogP contribution in [0, 0.1) is 17.5 Å². The number of hydrogen-bond acceptors (Lipinski definition) is 4. The third-order valence-electron chi connectivity index (χ3n) is 4.85. The second kappa shape index (κ2) is 10.3. The van der Waals surface area contributed by atoms with Crippen LogP contribution in [0.2, 0.25) is 10.2 Å². The van der Waals surface area contributed by atoms with E-state index in [0.717, 1.165) is 6.07 Å². The fourth-order valence-electron chi connectivity index (χ4n) is 3.23. The second-order valence-electron chi connectivity index (χ2n) is 6.88. The summed E-state index contributed by atoms with van der Waals surface area (Å²) in [6.45, 7) is 3.53. The van der Waals surface area contributed by atoms with Crippen LogP contribution in [0.25, 0.3) is 0 Å². The van der Waals surface area contributed by atoms with Gasteiger partial charge in [0.05, 0.1) is 23.4 Å². The van der Waals surface area contributed by atoms with Gasteiger partial charge in [-0.25, -0.2) is 22.6 Å². The number of rotatable bonds is 8. The number of benzene rings is 2. The highest BCUT2D eigenvalue weighted by Crippen LogP contribution is 2.30. The molecular formula is C22H20Cl2F3N3O2. The van der Waals surface area contributed by atoms with E-state index in [1.807, 2.05) is 0 Å². The molecule has 2 aromatic carbocycles. The Hall–Kier alpha value is -2.71. The lowest BCUT2D eigenvalue weighted by atomic mass is 10.1. The van der Waals surface area contributed by atoms with Crippen molar-refractivity contribution in [2.75, 3.05) is 18.5 Å². The number of hydrogen-bond donors (Lipinski definition) is 1. The first-order valence-corrected chi connectivity index (χ1v) is 10.6. The molecule has 0 spiro atoms. The van der Waals surface area contributed by atoms with Crippen LogP contribution in [0.3, 0.4) is 0 Å². The Morgan fingerprint density at radius 1 is 1.16 bits per heavy atom. The van der Waals surface area contributed by atoms with Crippen molar-refractivity contribution >= 4 is 34.9 Å². The minimum atomic E-state index is -1.02. The Kier molecular flexibility index (Phi) is 7.69. The maximum absolute atomic E-state index is 14.3. The second-order valence-corrected chi connectivity index (χ2v) is 7.65. The maximum atomic E-state index is 14.3. The summed E-state index contributed by atoms with van der Waals surface area (Å²) in [6, 6.07) is 7.53. The van der Waals surface area contributed by atoms with Gasteiger partial charge in [0, 0.05) is 17.7 Å². The standard InChI is InChI=1S/C22H20Cl2F3N3O2/c1-3-32-22(31)20-14(10-11-28-17-9-5-7-15(23)19(17)27)21(24)30(29-20)12(2)13-6-4-8-16(25)18(13)26/h4-9,12,28H,3,10-11H2,1-2H3. The Morgan fingerprint density at radius 2 is 1.88 bits per heavy atom. The van der Waals surface area contributed by atoms with Gasteiger partial charge in [-0.1, -0.05) is 41.4 Å². The van der Waals surface area contributed by atoms with Gasteiger partial charge < -0.3 is 10.1 Å². The summed E-state index contributed by atoms with van der Waals surface area (Å²) in [7, 11) is 0. The molecule has 32 heavy (non-hydrogen) atoms. The molecule has 0 bridgehead atoms. The molecule has 0 saturated heterocycles. The fourth-order valence-corrected chi connectivity index (χ4v) is 3.77. The van der Waals surface area contributed by atoms with Crippen molar-refractivity contribution in [2.24, 2.45) is 0 Å². The predicted molar refractivity (Wildman–Crippen MR) is 117 cm³/mol. The van der Waals surface area contributed by atoms with Crippen molar-refractivity contribution in [1.29, 1.82) is 0 Å². The highest BCUT2D eigenvalue weighted by atomic mass is 35.5. The smallest absolute Gasteiger partial charge is 0.359 e. The topological polar surface area (TPSA) is 56.1 Å². The van der Waals surface area contributed by atoms with Crippen LogP contribution in [-0.4, -0.2) is 28.9 Å². The first kappa shape index (κ1) is 23.9. The van der Waals surface area contributed by atoms with Crippen LogP contribution in [0.15, 0.2) is 36.4 Å². The first-order valence-electron chi connectivity index (χ1n) is 9.82. The Morgan fingerprint density at radius 3 is 2.59 bits per heavy atom. The van der Waals surface area contributed by atoms with E-state index in [1.165, 1.54) is 28.9 Å². The van der Waals surface area contributed by atoms with Crippen molar-refractivity contribution in [1.82, 2.24) is 9.78 Å². The summed E-state index contributed by atoms with van der Waals surface area (Å²) in [5.74, 6) is -3.33. The fraction of sp³-hybridized carbons (Fsp3) is 0.273. The molecule has 0 saturated carbocycles. The van der Waals surface area contributed by atoms with Gasteiger partial charge in [-0.2, -0.15) is 5.10 Å². The molecule has 10 heteroatoms. The molecule has 5 nitrogen and oxygen atoms in total. The van der Waals surface area contributed by atoms with Crippen molar-refractivity contribution in [3.63, 3.8) is 0 Å². The number of halogens is 5. The van der Waals surface area contributed by atoms with Gasteiger partial charge >= 0.3 is 5.97 Å². The van der Waals surface area contributed by atoms with Crippen molar-refractivity contribution in [3.05, 3.63) is 80.8 Å². The van der Waals surface area contributed by atoms with E-state index in [2.05, 4.69) is 10.4 Å². The van der Waals surface area contributed by atoms with E-state index in [-0.39, 0.29) is 46.7 Å². The SMILES string of the molecule is CCOC(=O)c1nn(C(C)c2cccc(F)c2F)c(Cl)c1CCNc1cccc(Cl)c1F. The average Bonchev–Trinajstić information content (AvgIpc) is 3.09. The zero-order chi connectivity index (χ0) is 23.4. The Labute approximate surface area is 193 Å². The normalized spacial score (nSPS) is 12.0. The number of ether oxygens (including phenoxy) is 1. The van der Waals surface area contributed by atoms with E-state index >= 15 is 0 Å². The number of nitrogens with one attached hydrogen (secondary N) is 1. The van der Waals surface area contributed by atoms with Crippen molar-refractivity contribution in [3.8, 4) is 0 Å². The highest BCUT2D eigenvalue weighted by Gasteiger charge is 2.27. The Bertz CT molecular complexity index is 1140. The number of esters is 1. The summed E-state index contributed by atoms with van der Waals surface area (Å²) in [4.78, 5) is 12.5. The van der Waals surface area contributed by atoms with E-state index in [4.69, 9.17) is 27.9 Å². The Balaban J connectivity index is 1.92. The van der Waals surface area contributed by atoms with Gasteiger partial charge in [0.25, 0.3) is 0 Å². The van der Waals surface area contributed by atoms with Crippen LogP contribution in [0.4, 0.5) is 18.9 Å². The molecule has 0 amide bonds. The van der Waals surface area contributed by atoms with E-state index in [0.29, 0.717) is 5.56 Å². The minimum Gasteiger partial charge on any atom is -0.461 e. The summed E-state index contributed by atoms with van der Waals surface area (Å²) >= 11 is 12.3. The number of nitrogens with zero attached hydrogens (tertiary/aromatic N) is 2. The van der Waals surface area contributed by atoms with Gasteiger partial charge in [0.15, 0.2) is 23.1 Å². The van der Waals surface area contributed by atoms with E-state index < -0.39 is 29.5 Å². The van der Waals surface area contributed by atoms with Gasteiger partial charge in [0.2, 0.25) is 0 Å². The number of carbonyl (C=O) groups is 1. The third kappa shape index (κ3) is 4.86. The lowest BCUT2D eigenvalue weighted by Crippen LogP contribution is -2.13. The summed E-state index contributed by atoms with van der Waals surface area (Å²) in [5.41, 5.74) is 0.502. The molecule has 3 aromatic rings. The average molecular weight is 486 g/mol. The van der Waals surface area contributed by atoms with Crippen molar-refractivity contribution in [2.45, 2.75) is 26.3 Å². The van der Waals surface area contributed by atoms with Crippen LogP contribution in [-0.2, 0) is 11.2 Å². The van der Waals surface area contributed by atoms with Crippen LogP contribution < -0.4 is 5.32 Å². The third-order valence-corrected chi connectivity index (χ3v) is 5.55. The summed E-state index contributed by atoms with van der Waals surface area (Å²) in [6.07, 6.45) is 0.178. The molecule has 1 N–H and O–H groups in total. The number of anilines is 1. The molecule has 0 aliphatic heterocycles. The molecule has 170 valence electrons. The maximum Gasteiger partial charge on any atom is 0.359 e. The van der Waals surface area contributed by atoms with E-state index in [9.17, 15) is 18.0 Å². The van der Waals surface area contributed by atoms with Gasteiger partial charge in [-0.3, -0.25) is 0 Å². The molecular weight excluding hydrogens is 466 g/mol. The quantitative estimate of drug-likeness (QED) is 0.394. The minimum absolute atomic E-state index is 0.0236. The van der Waals surface area contributed by atoms with Crippen LogP contribution in [0.5, 0.6) is 0 Å². The molecule has 0 aliphatic carbocycles. The largest absolute Gasteiger partial charge is 0.461 e. The predicted octanol–water partition coefficient (Wildman–Crippen LogP) is 6.05. The zero-order valence-electron chi connectivity index (χ0n) is 17.3. The van der Waals surface area contributed by atoms with Crippen LogP contribution >= 0.6 is 23.2 Å². The van der Waals surface area contributed by atoms with Crippen molar-refractivity contribution < 1.29 is 22.7 Å². The lowest BCUT2D eigenvalue weighted by molar-refractivity contribution is 0.0517. The molecule has 1 unspecified atom stereocenters. The monoisotopic (exact) mass is 485 g/mol. The summed E-state index contributed by atoms with van der Waals surface area (Å²) < 4.78 is 48.4. The number of carbonyl (C=O) groups excluding carboxylic acids is 1. The molecule has 1 aromatic heterocycles. The zero-order valence-corrected chi connectivity index (χ0v) is 18.8. The first-order chi connectivity index (χ1) is 15.3. The molecule has 0 fully saturated rings. The molecule has 1 heterocycles. The van der Waals surface area contributed by atoms with E-state index in [1.54, 1.807) is 19.9 Å². The van der Waals surface area contributed by atoms with Crippen LogP contribution in [0.1, 0.15) is 41.5 Å². The summed E-state index contributed by atoms with van der Waals surface area (Å²) in [5, 5.41) is 7.17. The highest BCUT2D eigenvalue weighted by molar-refractivity contribution is 6.31. The lowest BCUT2D eigenvalue weighted by Gasteiger charge is -2.15.